The van der Waals surface area contributed by atoms with Crippen LogP contribution in [0.15, 0.2) is 6.20 Å². The van der Waals surface area contributed by atoms with Crippen molar-refractivity contribution in [2.24, 2.45) is 12.5 Å². The normalized spacial score (nSPS) is 11.6. The molecule has 0 aromatic carbocycles. The molecule has 16 heavy (non-hydrogen) atoms. The molecular weight excluding hydrogens is 206 g/mol. The fourth-order valence-corrected chi connectivity index (χ4v) is 1.19. The summed E-state index contributed by atoms with van der Waals surface area (Å²) in [6.07, 6.45) is 1.55. The van der Waals surface area contributed by atoms with Crippen molar-refractivity contribution < 1.29 is 9.90 Å². The quantitative estimate of drug-likeness (QED) is 0.783. The number of aryl methyl sites for hydroxylation is 1. The number of aliphatic hydroxyl groups is 1. The van der Waals surface area contributed by atoms with E-state index in [1.165, 1.54) is 0 Å². The van der Waals surface area contributed by atoms with Crippen LogP contribution in [0.2, 0.25) is 0 Å². The topological polar surface area (TPSA) is 67.2 Å². The Morgan fingerprint density at radius 3 is 2.69 bits per heavy atom. The molecule has 1 rings (SSSR count). The monoisotopic (exact) mass is 225 g/mol. The summed E-state index contributed by atoms with van der Waals surface area (Å²) in [7, 11) is 1.80. The lowest BCUT2D eigenvalue weighted by Crippen LogP contribution is -2.36. The van der Waals surface area contributed by atoms with Gasteiger partial charge in [0.15, 0.2) is 0 Å². The lowest BCUT2D eigenvalue weighted by atomic mass is 9.95. The number of hydrogen-bond donors (Lipinski definition) is 2. The van der Waals surface area contributed by atoms with Gasteiger partial charge in [-0.3, -0.25) is 9.48 Å². The highest BCUT2D eigenvalue weighted by molar-refractivity contribution is 5.95. The molecule has 1 aromatic rings. The Labute approximate surface area is 95.5 Å². The largest absolute Gasteiger partial charge is 0.396 e. The molecule has 0 saturated carbocycles. The number of nitrogens with one attached hydrogen (secondary N) is 1. The van der Waals surface area contributed by atoms with Gasteiger partial charge < -0.3 is 10.4 Å². The number of aliphatic hydroxyl groups excluding tert-OH is 1. The SMILES string of the molecule is Cc1c(C(=O)NCC(C)(C)CO)cnn1C. The minimum atomic E-state index is -0.300. The first-order valence-electron chi connectivity index (χ1n) is 5.25. The molecule has 0 saturated heterocycles. The molecule has 5 heteroatoms. The summed E-state index contributed by atoms with van der Waals surface area (Å²) < 4.78 is 1.66. The van der Waals surface area contributed by atoms with Crippen LogP contribution in [0.25, 0.3) is 0 Å². The number of aromatic nitrogens is 2. The highest BCUT2D eigenvalue weighted by atomic mass is 16.3. The smallest absolute Gasteiger partial charge is 0.254 e. The van der Waals surface area contributed by atoms with Crippen molar-refractivity contribution in [1.82, 2.24) is 15.1 Å². The average Bonchev–Trinajstić information content (AvgIpc) is 2.57. The summed E-state index contributed by atoms with van der Waals surface area (Å²) in [5.41, 5.74) is 1.11. The molecule has 0 spiro atoms. The fraction of sp³-hybridized carbons (Fsp3) is 0.636. The molecule has 0 aliphatic heterocycles. The lowest BCUT2D eigenvalue weighted by Gasteiger charge is -2.21. The molecule has 90 valence electrons. The van der Waals surface area contributed by atoms with Crippen LogP contribution in [-0.2, 0) is 7.05 Å². The Balaban J connectivity index is 2.64. The number of rotatable bonds is 4. The van der Waals surface area contributed by atoms with E-state index < -0.39 is 0 Å². The zero-order valence-electron chi connectivity index (χ0n) is 10.2. The van der Waals surface area contributed by atoms with Crippen molar-refractivity contribution in [1.29, 1.82) is 0 Å². The Morgan fingerprint density at radius 2 is 2.25 bits per heavy atom. The van der Waals surface area contributed by atoms with Gasteiger partial charge in [-0.05, 0) is 6.92 Å². The maximum atomic E-state index is 11.8. The highest BCUT2D eigenvalue weighted by Gasteiger charge is 2.19. The van der Waals surface area contributed by atoms with E-state index in [1.807, 2.05) is 20.8 Å². The minimum absolute atomic E-state index is 0.0410. The van der Waals surface area contributed by atoms with E-state index in [-0.39, 0.29) is 17.9 Å². The van der Waals surface area contributed by atoms with Gasteiger partial charge in [-0.15, -0.1) is 0 Å². The zero-order valence-corrected chi connectivity index (χ0v) is 10.2. The summed E-state index contributed by atoms with van der Waals surface area (Å²) in [5, 5.41) is 15.9. The van der Waals surface area contributed by atoms with Crippen LogP contribution in [0.4, 0.5) is 0 Å². The molecule has 0 aliphatic carbocycles. The number of amides is 1. The van der Waals surface area contributed by atoms with Crippen LogP contribution in [0.1, 0.15) is 29.9 Å². The maximum absolute atomic E-state index is 11.8. The zero-order chi connectivity index (χ0) is 12.3. The highest BCUT2D eigenvalue weighted by Crippen LogP contribution is 2.12. The van der Waals surface area contributed by atoms with Crippen LogP contribution in [0, 0.1) is 12.3 Å². The molecule has 2 N–H and O–H groups in total. The van der Waals surface area contributed by atoms with Gasteiger partial charge in [-0.2, -0.15) is 5.10 Å². The molecule has 0 bridgehead atoms. The van der Waals surface area contributed by atoms with E-state index in [9.17, 15) is 4.79 Å². The first kappa shape index (κ1) is 12.7. The predicted octanol–water partition coefficient (Wildman–Crippen LogP) is 0.477. The van der Waals surface area contributed by atoms with Gasteiger partial charge in [0.05, 0.1) is 11.8 Å². The van der Waals surface area contributed by atoms with Gasteiger partial charge in [0, 0.05) is 31.3 Å². The number of carbonyl (C=O) groups excluding carboxylic acids is 1. The van der Waals surface area contributed by atoms with Crippen LogP contribution in [0.3, 0.4) is 0 Å². The van der Waals surface area contributed by atoms with E-state index in [0.29, 0.717) is 12.1 Å². The summed E-state index contributed by atoms with van der Waals surface area (Å²) in [5.74, 6) is -0.146. The second kappa shape index (κ2) is 4.65. The van der Waals surface area contributed by atoms with Gasteiger partial charge in [-0.25, -0.2) is 0 Å². The van der Waals surface area contributed by atoms with Gasteiger partial charge in [0.1, 0.15) is 0 Å². The van der Waals surface area contributed by atoms with Crippen LogP contribution >= 0.6 is 0 Å². The standard InChI is InChI=1S/C11H19N3O2/c1-8-9(5-13-14(8)4)10(16)12-6-11(2,3)7-15/h5,15H,6-7H2,1-4H3,(H,12,16). The summed E-state index contributed by atoms with van der Waals surface area (Å²) >= 11 is 0. The van der Waals surface area contributed by atoms with Crippen LogP contribution in [-0.4, -0.2) is 33.9 Å². The lowest BCUT2D eigenvalue weighted by molar-refractivity contribution is 0.0910. The fourth-order valence-electron chi connectivity index (χ4n) is 1.19. The van der Waals surface area contributed by atoms with Crippen molar-refractivity contribution >= 4 is 5.91 Å². The molecule has 0 unspecified atom stereocenters. The minimum Gasteiger partial charge on any atom is -0.396 e. The molecule has 0 fully saturated rings. The Morgan fingerprint density at radius 1 is 1.62 bits per heavy atom. The summed E-state index contributed by atoms with van der Waals surface area (Å²) in [6, 6.07) is 0. The second-order valence-corrected chi connectivity index (χ2v) is 4.77. The third kappa shape index (κ3) is 2.82. The first-order chi connectivity index (χ1) is 7.37. The third-order valence-corrected chi connectivity index (χ3v) is 2.64. The first-order valence-corrected chi connectivity index (χ1v) is 5.25. The van der Waals surface area contributed by atoms with E-state index in [4.69, 9.17) is 5.11 Å². The van der Waals surface area contributed by atoms with E-state index in [1.54, 1.807) is 17.9 Å². The molecule has 0 aliphatic rings. The summed E-state index contributed by atoms with van der Waals surface area (Å²) in [4.78, 5) is 11.8. The maximum Gasteiger partial charge on any atom is 0.254 e. The van der Waals surface area contributed by atoms with E-state index in [2.05, 4.69) is 10.4 Å². The second-order valence-electron chi connectivity index (χ2n) is 4.77. The van der Waals surface area contributed by atoms with Crippen molar-refractivity contribution in [3.63, 3.8) is 0 Å². The molecule has 0 atom stereocenters. The van der Waals surface area contributed by atoms with E-state index >= 15 is 0 Å². The summed E-state index contributed by atoms with van der Waals surface area (Å²) in [6.45, 7) is 6.11. The van der Waals surface area contributed by atoms with Gasteiger partial charge in [0.2, 0.25) is 0 Å². The Bertz CT molecular complexity index is 383. The molecule has 1 amide bonds. The molecule has 5 nitrogen and oxygen atoms in total. The predicted molar refractivity (Wildman–Crippen MR) is 61.1 cm³/mol. The molecule has 0 radical (unpaired) electrons. The number of hydrogen-bond acceptors (Lipinski definition) is 3. The van der Waals surface area contributed by atoms with Crippen molar-refractivity contribution in [3.05, 3.63) is 17.5 Å². The van der Waals surface area contributed by atoms with Crippen molar-refractivity contribution in [2.75, 3.05) is 13.2 Å². The third-order valence-electron chi connectivity index (χ3n) is 2.64. The number of nitrogens with zero attached hydrogens (tertiary/aromatic N) is 2. The van der Waals surface area contributed by atoms with Crippen LogP contribution < -0.4 is 5.32 Å². The van der Waals surface area contributed by atoms with Gasteiger partial charge >= 0.3 is 0 Å². The van der Waals surface area contributed by atoms with Crippen molar-refractivity contribution in [2.45, 2.75) is 20.8 Å². The Kier molecular flexibility index (Phi) is 3.70. The molecule has 1 heterocycles. The molecular formula is C11H19N3O2. The average molecular weight is 225 g/mol. The van der Waals surface area contributed by atoms with Crippen LogP contribution in [0.5, 0.6) is 0 Å². The molecule has 1 aromatic heterocycles. The van der Waals surface area contributed by atoms with Crippen molar-refractivity contribution in [3.8, 4) is 0 Å². The number of carbonyl (C=O) groups is 1. The Hall–Kier alpha value is -1.36. The van der Waals surface area contributed by atoms with E-state index in [0.717, 1.165) is 5.69 Å². The van der Waals surface area contributed by atoms with Gasteiger partial charge in [-0.1, -0.05) is 13.8 Å². The van der Waals surface area contributed by atoms with Gasteiger partial charge in [0.25, 0.3) is 5.91 Å².